The lowest BCUT2D eigenvalue weighted by Gasteiger charge is -2.30. The van der Waals surface area contributed by atoms with Crippen LogP contribution in [0, 0.1) is 3.57 Å². The van der Waals surface area contributed by atoms with Gasteiger partial charge in [0.2, 0.25) is 24.1 Å². The second-order valence-corrected chi connectivity index (χ2v) is 11.6. The number of nitrogen functional groups attached to an aromatic ring is 1. The molecular formula is C23H30IN6O4S+. The van der Waals surface area contributed by atoms with Crippen molar-refractivity contribution in [2.24, 2.45) is 0 Å². The number of halogens is 1. The van der Waals surface area contributed by atoms with Crippen molar-refractivity contribution >= 4 is 57.4 Å². The molecule has 0 fully saturated rings. The summed E-state index contributed by atoms with van der Waals surface area (Å²) in [5.74, 6) is 1.85. The van der Waals surface area contributed by atoms with Crippen molar-refractivity contribution in [3.05, 3.63) is 22.0 Å². The van der Waals surface area contributed by atoms with Gasteiger partial charge < -0.3 is 29.8 Å². The molecule has 3 N–H and O–H groups in total. The monoisotopic (exact) mass is 610 g/mol. The second kappa shape index (κ2) is 10.2. The summed E-state index contributed by atoms with van der Waals surface area (Å²) in [6.07, 6.45) is 2.08. The number of nitrogens with two attached hydrogens (primary N) is 1. The number of nitrogens with zero attached hydrogens (tertiary/aromatic N) is 4. The molecule has 3 heterocycles. The van der Waals surface area contributed by atoms with E-state index in [1.807, 2.05) is 51.3 Å². The standard InChI is InChI=1S/C23H29IN6O4S/c1-13(2)30(22(31)34-23(3,4)5)8-6-7-29-11-26-19(25)18-20(29)28-21(27-18)35-17-10-16-15(9-14(17)24)32-12-33-16/h9-11,13H,6-8,12H2,1-5H3,(H2,25,27,28)/p+1/i24-3. The molecule has 0 radical (unpaired) electrons. The van der Waals surface area contributed by atoms with E-state index < -0.39 is 5.60 Å². The van der Waals surface area contributed by atoms with Crippen LogP contribution in [-0.2, 0) is 11.3 Å². The van der Waals surface area contributed by atoms with Gasteiger partial charge in [-0.25, -0.2) is 9.36 Å². The average Bonchev–Trinajstić information content (AvgIpc) is 3.38. The number of carbonyl (C=O) groups excluding carboxylic acids is 1. The van der Waals surface area contributed by atoms with Crippen LogP contribution in [0.25, 0.3) is 11.2 Å². The highest BCUT2D eigenvalue weighted by Crippen LogP contribution is 2.40. The van der Waals surface area contributed by atoms with E-state index in [-0.39, 0.29) is 18.9 Å². The molecule has 4 rings (SSSR count). The van der Waals surface area contributed by atoms with Crippen molar-refractivity contribution in [2.45, 2.75) is 69.3 Å². The van der Waals surface area contributed by atoms with Crippen LogP contribution < -0.4 is 19.8 Å². The summed E-state index contributed by atoms with van der Waals surface area (Å²) in [5.41, 5.74) is 6.99. The predicted molar refractivity (Wildman–Crippen MR) is 141 cm³/mol. The number of amides is 1. The number of nitrogens with one attached hydrogen (secondary N) is 1. The highest BCUT2D eigenvalue weighted by atomic mass is 124. The van der Waals surface area contributed by atoms with E-state index in [4.69, 9.17) is 24.9 Å². The molecule has 0 bridgehead atoms. The molecule has 1 aliphatic rings. The highest BCUT2D eigenvalue weighted by Gasteiger charge is 2.25. The summed E-state index contributed by atoms with van der Waals surface area (Å²) in [6.45, 7) is 11.0. The molecule has 0 atom stereocenters. The maximum absolute atomic E-state index is 12.6. The van der Waals surface area contributed by atoms with Gasteiger partial charge in [0.05, 0.1) is 6.54 Å². The zero-order valence-corrected chi connectivity index (χ0v) is 23.4. The number of aryl methyl sites for hydroxylation is 1. The van der Waals surface area contributed by atoms with Crippen LogP contribution in [0.1, 0.15) is 41.0 Å². The van der Waals surface area contributed by atoms with E-state index in [9.17, 15) is 4.79 Å². The fraction of sp³-hybridized carbons (Fsp3) is 0.478. The highest BCUT2D eigenvalue weighted by molar-refractivity contribution is 14.1. The number of imidazole rings is 1. The van der Waals surface area contributed by atoms with Crippen molar-refractivity contribution in [1.82, 2.24) is 19.9 Å². The number of hydrogen-bond acceptors (Lipinski definition) is 8. The second-order valence-electron chi connectivity index (χ2n) is 9.42. The topological polar surface area (TPSA) is 119 Å². The van der Waals surface area contributed by atoms with Crippen molar-refractivity contribution in [1.29, 1.82) is 0 Å². The molecule has 1 amide bonds. The number of rotatable bonds is 7. The average molecular weight is 611 g/mol. The van der Waals surface area contributed by atoms with Crippen LogP contribution in [0.2, 0.25) is 0 Å². The van der Waals surface area contributed by atoms with Gasteiger partial charge in [0.25, 0.3) is 5.65 Å². The minimum atomic E-state index is -0.537. The van der Waals surface area contributed by atoms with Gasteiger partial charge in [-0.2, -0.15) is 0 Å². The normalized spacial score (nSPS) is 13.0. The van der Waals surface area contributed by atoms with Gasteiger partial charge in [-0.1, -0.05) is 9.97 Å². The molecule has 0 saturated carbocycles. The van der Waals surface area contributed by atoms with Crippen LogP contribution in [0.4, 0.5) is 10.6 Å². The van der Waals surface area contributed by atoms with Crippen molar-refractivity contribution in [2.75, 3.05) is 19.1 Å². The maximum atomic E-state index is 12.6. The summed E-state index contributed by atoms with van der Waals surface area (Å²) >= 11 is 3.76. The van der Waals surface area contributed by atoms with E-state index >= 15 is 0 Å². The summed E-state index contributed by atoms with van der Waals surface area (Å²) in [4.78, 5) is 27.7. The lowest BCUT2D eigenvalue weighted by Crippen LogP contribution is -2.43. The summed E-state index contributed by atoms with van der Waals surface area (Å²) in [5, 5.41) is 0.697. The zero-order valence-electron chi connectivity index (χ0n) is 20.4. The Morgan fingerprint density at radius 3 is 2.74 bits per heavy atom. The van der Waals surface area contributed by atoms with Crippen LogP contribution in [0.3, 0.4) is 0 Å². The third-order valence-corrected chi connectivity index (χ3v) is 7.41. The molecule has 0 saturated heterocycles. The molecule has 0 spiro atoms. The van der Waals surface area contributed by atoms with Crippen molar-refractivity contribution in [3.8, 4) is 11.5 Å². The Morgan fingerprint density at radius 1 is 1.34 bits per heavy atom. The summed E-state index contributed by atoms with van der Waals surface area (Å²) in [7, 11) is 0. The molecule has 1 aliphatic heterocycles. The quantitative estimate of drug-likeness (QED) is 0.300. The van der Waals surface area contributed by atoms with E-state index in [0.717, 1.165) is 20.0 Å². The molecule has 12 heteroatoms. The number of H-pyrrole nitrogens is 1. The van der Waals surface area contributed by atoms with Crippen LogP contribution in [-0.4, -0.2) is 50.9 Å². The van der Waals surface area contributed by atoms with Gasteiger partial charge >= 0.3 is 6.09 Å². The van der Waals surface area contributed by atoms with Crippen LogP contribution >= 0.6 is 34.4 Å². The van der Waals surface area contributed by atoms with Crippen molar-refractivity contribution in [3.63, 3.8) is 0 Å². The number of benzene rings is 1. The number of anilines is 1. The van der Waals surface area contributed by atoms with Gasteiger partial charge in [-0.05, 0) is 87.5 Å². The molecule has 2 aromatic heterocycles. The summed E-state index contributed by atoms with van der Waals surface area (Å²) in [6, 6.07) is 3.93. The Kier molecular flexibility index (Phi) is 7.50. The van der Waals surface area contributed by atoms with Gasteiger partial charge in [0, 0.05) is 21.1 Å². The number of aromatic amines is 1. The Morgan fingerprint density at radius 2 is 2.06 bits per heavy atom. The minimum absolute atomic E-state index is 0.0250. The van der Waals surface area contributed by atoms with Crippen LogP contribution in [0.5, 0.6) is 11.5 Å². The number of carbonyl (C=O) groups is 1. The molecule has 3 aromatic rings. The Bertz CT molecular complexity index is 1240. The van der Waals surface area contributed by atoms with Gasteiger partial charge in [-0.3, -0.25) is 0 Å². The first-order valence-corrected chi connectivity index (χ1v) is 13.2. The largest absolute Gasteiger partial charge is 0.454 e. The molecule has 1 aromatic carbocycles. The first-order chi connectivity index (χ1) is 16.5. The van der Waals surface area contributed by atoms with E-state index in [2.05, 4.69) is 32.6 Å². The molecular weight excluding hydrogens is 580 g/mol. The Balaban J connectivity index is 1.50. The fourth-order valence-corrected chi connectivity index (χ4v) is 5.15. The lowest BCUT2D eigenvalue weighted by atomic mass is 10.2. The lowest BCUT2D eigenvalue weighted by molar-refractivity contribution is -0.676. The Hall–Kier alpha value is -2.48. The van der Waals surface area contributed by atoms with Crippen LogP contribution in [0.15, 0.2) is 28.5 Å². The molecule has 0 unspecified atom stereocenters. The van der Waals surface area contributed by atoms with Gasteiger partial charge in [0.1, 0.15) is 5.60 Å². The summed E-state index contributed by atoms with van der Waals surface area (Å²) < 4.78 is 19.5. The zero-order chi connectivity index (χ0) is 25.3. The number of aromatic nitrogens is 4. The molecule has 35 heavy (non-hydrogen) atoms. The predicted octanol–water partition coefficient (Wildman–Crippen LogP) is 4.35. The molecule has 10 nitrogen and oxygen atoms in total. The SMILES string of the molecule is CC(C)N(CCC[n+]1cnc(N)c2[nH]c(Sc3cc4c(cc3[124I])OCO4)nc21)C(=O)OC(C)(C)C. The Labute approximate surface area is 222 Å². The fourth-order valence-electron chi connectivity index (χ4n) is 3.57. The van der Waals surface area contributed by atoms with E-state index in [0.29, 0.717) is 41.6 Å². The maximum Gasteiger partial charge on any atom is 0.410 e. The number of fused-ring (bicyclic) bond motifs is 2. The number of ether oxygens (including phenoxy) is 3. The third-order valence-electron chi connectivity index (χ3n) is 5.21. The van der Waals surface area contributed by atoms with Crippen molar-refractivity contribution < 1.29 is 23.6 Å². The van der Waals surface area contributed by atoms with Gasteiger partial charge in [-0.15, -0.1) is 0 Å². The first kappa shape index (κ1) is 25.6. The minimum Gasteiger partial charge on any atom is -0.454 e. The smallest absolute Gasteiger partial charge is 0.410 e. The third kappa shape index (κ3) is 6.02. The number of hydrogen-bond donors (Lipinski definition) is 2. The van der Waals surface area contributed by atoms with E-state index in [1.165, 1.54) is 11.8 Å². The molecule has 0 aliphatic carbocycles. The van der Waals surface area contributed by atoms with E-state index in [1.54, 1.807) is 11.2 Å². The van der Waals surface area contributed by atoms with Gasteiger partial charge in [0.15, 0.2) is 17.0 Å². The molecule has 188 valence electrons. The first-order valence-electron chi connectivity index (χ1n) is 11.3.